The zero-order valence-corrected chi connectivity index (χ0v) is 13.8. The van der Waals surface area contributed by atoms with Crippen LogP contribution >= 0.6 is 0 Å². The molecular formula is C18H19N5O2. The Hall–Kier alpha value is -2.77. The maximum absolute atomic E-state index is 12.4. The molecule has 0 spiro atoms. The second-order valence-corrected chi connectivity index (χ2v) is 6.03. The molecule has 1 aromatic carbocycles. The van der Waals surface area contributed by atoms with Gasteiger partial charge in [0.2, 0.25) is 11.7 Å². The van der Waals surface area contributed by atoms with E-state index in [1.54, 1.807) is 6.20 Å². The molecule has 3 aromatic rings. The highest BCUT2D eigenvalue weighted by molar-refractivity contribution is 5.95. The van der Waals surface area contributed by atoms with Gasteiger partial charge in [-0.2, -0.15) is 0 Å². The van der Waals surface area contributed by atoms with Gasteiger partial charge in [-0.1, -0.05) is 12.1 Å². The van der Waals surface area contributed by atoms with Gasteiger partial charge >= 0.3 is 0 Å². The molecule has 0 unspecified atom stereocenters. The van der Waals surface area contributed by atoms with Crippen LogP contribution in [-0.2, 0) is 9.53 Å². The first-order valence-electron chi connectivity index (χ1n) is 8.27. The van der Waals surface area contributed by atoms with Crippen LogP contribution in [0.25, 0.3) is 17.0 Å². The first-order chi connectivity index (χ1) is 12.2. The zero-order valence-electron chi connectivity index (χ0n) is 13.8. The first-order valence-corrected chi connectivity index (χ1v) is 8.27. The van der Waals surface area contributed by atoms with E-state index >= 15 is 0 Å². The van der Waals surface area contributed by atoms with Crippen LogP contribution in [0.4, 0.5) is 5.69 Å². The predicted molar refractivity (Wildman–Crippen MR) is 94.3 cm³/mol. The number of rotatable bonds is 3. The van der Waals surface area contributed by atoms with E-state index in [9.17, 15) is 4.79 Å². The monoisotopic (exact) mass is 337 g/mol. The van der Waals surface area contributed by atoms with E-state index < -0.39 is 0 Å². The molecule has 2 aromatic heterocycles. The van der Waals surface area contributed by atoms with E-state index in [1.165, 1.54) is 0 Å². The number of morpholine rings is 1. The number of nitrogens with one attached hydrogen (secondary N) is 2. The lowest BCUT2D eigenvalue weighted by atomic mass is 10.1. The number of aromatic nitrogens is 3. The Morgan fingerprint density at radius 2 is 2.20 bits per heavy atom. The molecule has 2 atom stereocenters. The molecule has 1 aliphatic heterocycles. The second kappa shape index (κ2) is 6.62. The summed E-state index contributed by atoms with van der Waals surface area (Å²) in [6.45, 7) is 3.22. The normalized spacial score (nSPS) is 20.5. The maximum Gasteiger partial charge on any atom is 0.244 e. The fraction of sp³-hybridized carbons (Fsp3) is 0.278. The van der Waals surface area contributed by atoms with Crippen LogP contribution in [0, 0.1) is 0 Å². The number of nitrogens with zero attached hydrogens (tertiary/aromatic N) is 3. The van der Waals surface area contributed by atoms with Crippen molar-refractivity contribution in [1.29, 1.82) is 0 Å². The molecule has 2 N–H and O–H groups in total. The smallest absolute Gasteiger partial charge is 0.244 e. The van der Waals surface area contributed by atoms with Crippen LogP contribution in [-0.4, -0.2) is 45.6 Å². The molecule has 1 aliphatic rings. The van der Waals surface area contributed by atoms with Crippen molar-refractivity contribution in [2.75, 3.05) is 18.5 Å². The SMILES string of the molecule is C[C@H]1OCCN[C@@H]1C(=O)Nc1ccc(-c2cn3cccnc3n2)cc1. The maximum atomic E-state index is 12.4. The van der Waals surface area contributed by atoms with E-state index in [4.69, 9.17) is 4.74 Å². The Balaban J connectivity index is 1.49. The number of imidazole rings is 1. The van der Waals surface area contributed by atoms with Crippen molar-refractivity contribution in [1.82, 2.24) is 19.7 Å². The molecule has 7 nitrogen and oxygen atoms in total. The van der Waals surface area contributed by atoms with Crippen LogP contribution in [0.5, 0.6) is 0 Å². The van der Waals surface area contributed by atoms with Crippen LogP contribution in [0.15, 0.2) is 48.9 Å². The van der Waals surface area contributed by atoms with Crippen molar-refractivity contribution >= 4 is 17.4 Å². The largest absolute Gasteiger partial charge is 0.375 e. The summed E-state index contributed by atoms with van der Waals surface area (Å²) in [4.78, 5) is 21.1. The van der Waals surface area contributed by atoms with Gasteiger partial charge in [0.05, 0.1) is 18.4 Å². The molecule has 0 radical (unpaired) electrons. The summed E-state index contributed by atoms with van der Waals surface area (Å²) < 4.78 is 7.39. The van der Waals surface area contributed by atoms with E-state index in [1.807, 2.05) is 54.0 Å². The Morgan fingerprint density at radius 1 is 1.36 bits per heavy atom. The van der Waals surface area contributed by atoms with Gasteiger partial charge in [-0.25, -0.2) is 9.97 Å². The third-order valence-corrected chi connectivity index (χ3v) is 4.28. The molecule has 0 saturated carbocycles. The lowest BCUT2D eigenvalue weighted by Gasteiger charge is -2.29. The van der Waals surface area contributed by atoms with Gasteiger partial charge in [-0.3, -0.25) is 9.20 Å². The Kier molecular flexibility index (Phi) is 4.17. The summed E-state index contributed by atoms with van der Waals surface area (Å²) in [6, 6.07) is 9.15. The van der Waals surface area contributed by atoms with Crippen LogP contribution < -0.4 is 10.6 Å². The van der Waals surface area contributed by atoms with Crippen LogP contribution in [0.3, 0.4) is 0 Å². The van der Waals surface area contributed by atoms with Crippen LogP contribution in [0.2, 0.25) is 0 Å². The molecule has 4 rings (SSSR count). The van der Waals surface area contributed by atoms with E-state index in [2.05, 4.69) is 20.6 Å². The van der Waals surface area contributed by atoms with Crippen molar-refractivity contribution in [2.45, 2.75) is 19.1 Å². The topological polar surface area (TPSA) is 80.5 Å². The molecule has 1 saturated heterocycles. The highest BCUT2D eigenvalue weighted by Crippen LogP contribution is 2.21. The minimum absolute atomic E-state index is 0.0862. The summed E-state index contributed by atoms with van der Waals surface area (Å²) in [5.74, 6) is 0.573. The number of carbonyl (C=O) groups is 1. The van der Waals surface area contributed by atoms with Gasteiger partial charge < -0.3 is 15.4 Å². The summed E-state index contributed by atoms with van der Waals surface area (Å²) in [5.41, 5.74) is 2.55. The van der Waals surface area contributed by atoms with Crippen molar-refractivity contribution in [3.8, 4) is 11.3 Å². The van der Waals surface area contributed by atoms with Gasteiger partial charge in [0.1, 0.15) is 6.04 Å². The molecule has 25 heavy (non-hydrogen) atoms. The quantitative estimate of drug-likeness (QED) is 0.760. The molecule has 128 valence electrons. The molecule has 1 amide bonds. The molecule has 1 fully saturated rings. The lowest BCUT2D eigenvalue weighted by Crippen LogP contribution is -2.53. The molecule has 3 heterocycles. The van der Waals surface area contributed by atoms with E-state index in [0.29, 0.717) is 18.9 Å². The number of fused-ring (bicyclic) bond motifs is 1. The van der Waals surface area contributed by atoms with Crippen molar-refractivity contribution in [2.24, 2.45) is 0 Å². The number of benzene rings is 1. The highest BCUT2D eigenvalue weighted by atomic mass is 16.5. The minimum Gasteiger partial charge on any atom is -0.375 e. The average Bonchev–Trinajstić information content (AvgIpc) is 3.07. The number of carbonyl (C=O) groups excluding carboxylic acids is 1. The third kappa shape index (κ3) is 3.24. The van der Waals surface area contributed by atoms with Gasteiger partial charge in [0.25, 0.3) is 0 Å². The molecule has 0 aliphatic carbocycles. The second-order valence-electron chi connectivity index (χ2n) is 6.03. The fourth-order valence-electron chi connectivity index (χ4n) is 2.94. The standard InChI is InChI=1S/C18H19N5O2/c1-12-16(19-8-10-25-12)17(24)21-14-5-3-13(4-6-14)15-11-23-9-2-7-20-18(23)22-15/h2-7,9,11-12,16,19H,8,10H2,1H3,(H,21,24)/t12-,16+/m1/s1. The summed E-state index contributed by atoms with van der Waals surface area (Å²) in [5, 5.41) is 6.11. The predicted octanol–water partition coefficient (Wildman–Crippen LogP) is 1.71. The third-order valence-electron chi connectivity index (χ3n) is 4.28. The minimum atomic E-state index is -0.335. The van der Waals surface area contributed by atoms with Crippen LogP contribution in [0.1, 0.15) is 6.92 Å². The molecule has 0 bridgehead atoms. The Labute approximate surface area is 145 Å². The lowest BCUT2D eigenvalue weighted by molar-refractivity contribution is -0.123. The van der Waals surface area contributed by atoms with Crippen molar-refractivity contribution in [3.05, 3.63) is 48.9 Å². The number of hydrogen-bond acceptors (Lipinski definition) is 5. The first kappa shape index (κ1) is 15.7. The average molecular weight is 337 g/mol. The summed E-state index contributed by atoms with van der Waals surface area (Å²) >= 11 is 0. The number of amides is 1. The number of ether oxygens (including phenoxy) is 1. The van der Waals surface area contributed by atoms with Gasteiger partial charge in [-0.15, -0.1) is 0 Å². The summed E-state index contributed by atoms with van der Waals surface area (Å²) in [6.07, 6.45) is 5.42. The number of hydrogen-bond donors (Lipinski definition) is 2. The van der Waals surface area contributed by atoms with Crippen molar-refractivity contribution in [3.63, 3.8) is 0 Å². The molecular weight excluding hydrogens is 318 g/mol. The van der Waals surface area contributed by atoms with Gasteiger partial charge in [0, 0.05) is 36.4 Å². The van der Waals surface area contributed by atoms with E-state index in [0.717, 1.165) is 16.9 Å². The Morgan fingerprint density at radius 3 is 2.96 bits per heavy atom. The summed E-state index contributed by atoms with van der Waals surface area (Å²) in [7, 11) is 0. The van der Waals surface area contributed by atoms with Crippen molar-refractivity contribution < 1.29 is 9.53 Å². The zero-order chi connectivity index (χ0) is 17.2. The van der Waals surface area contributed by atoms with Gasteiger partial charge in [-0.05, 0) is 25.1 Å². The highest BCUT2D eigenvalue weighted by Gasteiger charge is 2.28. The van der Waals surface area contributed by atoms with Gasteiger partial charge in [0.15, 0.2) is 0 Å². The van der Waals surface area contributed by atoms with E-state index in [-0.39, 0.29) is 18.1 Å². The molecule has 7 heteroatoms. The number of anilines is 1. The fourth-order valence-corrected chi connectivity index (χ4v) is 2.94. The Bertz CT molecular complexity index is 857.